The smallest absolute Gasteiger partial charge is 0.0660 e. The van der Waals surface area contributed by atoms with E-state index in [4.69, 9.17) is 0 Å². The molecule has 2 aliphatic heterocycles. The van der Waals surface area contributed by atoms with E-state index in [1.165, 1.54) is 163 Å². The molecule has 0 saturated heterocycles. The summed E-state index contributed by atoms with van der Waals surface area (Å²) in [5.41, 5.74) is 11.7. The first-order valence-electron chi connectivity index (χ1n) is 18.7. The Balaban J connectivity index is 1.22. The molecule has 0 nitrogen and oxygen atoms in total. The van der Waals surface area contributed by atoms with Crippen LogP contribution in [0, 0.1) is 0 Å². The molecule has 0 saturated carbocycles. The molecule has 0 amide bonds. The van der Waals surface area contributed by atoms with Crippen molar-refractivity contribution in [2.45, 2.75) is 79.1 Å². The summed E-state index contributed by atoms with van der Waals surface area (Å²) >= 11 is 20.8. The van der Waals surface area contributed by atoms with Crippen LogP contribution in [0.3, 0.4) is 0 Å². The second kappa shape index (κ2) is 18.0. The van der Waals surface area contributed by atoms with E-state index in [1.807, 2.05) is 0 Å². The molecule has 0 fully saturated rings. The minimum atomic E-state index is 1.21. The van der Waals surface area contributed by atoms with Crippen molar-refractivity contribution in [2.24, 2.45) is 0 Å². The second-order valence-electron chi connectivity index (χ2n) is 13.1. The van der Waals surface area contributed by atoms with Gasteiger partial charge in [0, 0.05) is 32.0 Å². The summed E-state index contributed by atoms with van der Waals surface area (Å²) in [6.07, 6.45) is 10.1. The molecule has 0 atom stereocenters. The summed E-state index contributed by atoms with van der Waals surface area (Å²) in [7, 11) is 0. The van der Waals surface area contributed by atoms with Gasteiger partial charge in [0.1, 0.15) is 0 Å². The van der Waals surface area contributed by atoms with Gasteiger partial charge in [-0.3, -0.25) is 0 Å². The van der Waals surface area contributed by atoms with Crippen LogP contribution in [0.15, 0.2) is 74.0 Å². The van der Waals surface area contributed by atoms with Crippen LogP contribution in [0.4, 0.5) is 0 Å². The molecule has 8 rings (SSSR count). The lowest BCUT2D eigenvalue weighted by Gasteiger charge is -2.07. The highest BCUT2D eigenvalue weighted by Crippen LogP contribution is 2.68. The van der Waals surface area contributed by atoms with Crippen molar-refractivity contribution < 1.29 is 0 Å². The zero-order valence-corrected chi connectivity index (χ0v) is 38.4. The van der Waals surface area contributed by atoms with Crippen molar-refractivity contribution in [2.75, 3.05) is 23.0 Å². The molecule has 52 heavy (non-hydrogen) atoms. The lowest BCUT2D eigenvalue weighted by atomic mass is 10.0. The van der Waals surface area contributed by atoms with Gasteiger partial charge in [0.25, 0.3) is 0 Å². The van der Waals surface area contributed by atoms with Crippen molar-refractivity contribution in [3.05, 3.63) is 94.8 Å². The van der Waals surface area contributed by atoms with Gasteiger partial charge < -0.3 is 0 Å². The first-order valence-corrected chi connectivity index (χ1v) is 27.5. The predicted molar refractivity (Wildman–Crippen MR) is 256 cm³/mol. The Bertz CT molecular complexity index is 1910. The molecule has 0 N–H and O–H groups in total. The van der Waals surface area contributed by atoms with E-state index < -0.39 is 0 Å². The van der Waals surface area contributed by atoms with Crippen molar-refractivity contribution >= 4 is 137 Å². The maximum Gasteiger partial charge on any atom is 0.0660 e. The molecule has 2 aliphatic carbocycles. The van der Waals surface area contributed by atoms with Gasteiger partial charge in [0.05, 0.1) is 34.8 Å². The molecule has 4 heterocycles. The number of thiophene rings is 2. The predicted octanol–water partition coefficient (Wildman–Crippen LogP) is 17.7. The van der Waals surface area contributed by atoms with Gasteiger partial charge in [-0.15, -0.1) is 69.7 Å². The maximum absolute atomic E-state index is 2.39. The number of hydrogen-bond donors (Lipinski definition) is 0. The Morgan fingerprint density at radius 2 is 0.731 bits per heavy atom. The van der Waals surface area contributed by atoms with Crippen LogP contribution in [-0.2, 0) is 0 Å². The molecular weight excluding hydrogens is 825 g/mol. The zero-order chi connectivity index (χ0) is 35.6. The third kappa shape index (κ3) is 7.51. The monoisotopic (exact) mass is 868 g/mol. The Morgan fingerprint density at radius 1 is 0.423 bits per heavy atom. The topological polar surface area (TPSA) is 0 Å². The fourth-order valence-corrected chi connectivity index (χ4v) is 22.5. The molecule has 0 bridgehead atoms. The van der Waals surface area contributed by atoms with Crippen molar-refractivity contribution in [1.82, 2.24) is 0 Å². The van der Waals surface area contributed by atoms with Crippen LogP contribution in [0.5, 0.6) is 0 Å². The van der Waals surface area contributed by atoms with Gasteiger partial charge in [-0.2, -0.15) is 0 Å². The average Bonchev–Trinajstić information content (AvgIpc) is 3.99. The number of hydrogen-bond acceptors (Lipinski definition) is 10. The SMILES string of the molecule is CCCCSC1=C(SCCCC)SC(=C2c3ccccc3-c3c2sc2c4c(sc32)C(=C2SC(SCCCC)=C(SCCCC)S2)c2ccccc2-4)S1. The average molecular weight is 869 g/mol. The molecule has 272 valence electrons. The van der Waals surface area contributed by atoms with E-state index in [1.54, 1.807) is 0 Å². The summed E-state index contributed by atoms with van der Waals surface area (Å²) in [5, 5.41) is 0. The standard InChI is InChI=1S/C42H44S10/c1-5-9-21-43-39-40(44-22-10-6-2)50-37(49-39)31-27-19-15-13-17-25(27)29-33(31)47-36-30-26-18-14-16-20-28(26)32(34(30)48-35(29)36)38-51-41(45-23-11-7-3)42(52-38)46-24-12-8-4/h13-20H,5-12,21-24H2,1-4H3. The van der Waals surface area contributed by atoms with E-state index in [-0.39, 0.29) is 0 Å². The highest BCUT2D eigenvalue weighted by molar-refractivity contribution is 8.41. The molecule has 2 aromatic heterocycles. The summed E-state index contributed by atoms with van der Waals surface area (Å²) in [6, 6.07) is 18.6. The first kappa shape index (κ1) is 38.7. The van der Waals surface area contributed by atoms with Crippen LogP contribution < -0.4 is 0 Å². The molecule has 0 radical (unpaired) electrons. The number of rotatable bonds is 16. The number of unbranched alkanes of at least 4 members (excludes halogenated alkanes) is 4. The second-order valence-corrected chi connectivity index (χ2v) is 25.1. The van der Waals surface area contributed by atoms with Crippen LogP contribution >= 0.6 is 117 Å². The molecule has 0 spiro atoms. The summed E-state index contributed by atoms with van der Waals surface area (Å²) in [5.74, 6) is 4.85. The zero-order valence-electron chi connectivity index (χ0n) is 30.2. The molecule has 0 unspecified atom stereocenters. The first-order chi connectivity index (χ1) is 25.7. The van der Waals surface area contributed by atoms with Gasteiger partial charge >= 0.3 is 0 Å². The molecule has 4 aromatic rings. The van der Waals surface area contributed by atoms with Crippen molar-refractivity contribution in [3.8, 4) is 22.3 Å². The van der Waals surface area contributed by atoms with Crippen LogP contribution in [0.25, 0.3) is 42.8 Å². The van der Waals surface area contributed by atoms with Gasteiger partial charge in [-0.25, -0.2) is 0 Å². The third-order valence-corrected chi connectivity index (χ3v) is 23.3. The van der Waals surface area contributed by atoms with Crippen LogP contribution in [0.2, 0.25) is 0 Å². The summed E-state index contributed by atoms with van der Waals surface area (Å²) in [4.78, 5) is 2.99. The van der Waals surface area contributed by atoms with Gasteiger partial charge in [0.2, 0.25) is 0 Å². The maximum atomic E-state index is 2.39. The molecular formula is C42H44S10. The molecule has 10 heteroatoms. The quantitative estimate of drug-likeness (QED) is 0.0871. The van der Waals surface area contributed by atoms with Gasteiger partial charge in [-0.05, 0) is 70.9 Å². The van der Waals surface area contributed by atoms with E-state index in [0.717, 1.165) is 0 Å². The van der Waals surface area contributed by atoms with Crippen molar-refractivity contribution in [1.29, 1.82) is 0 Å². The number of thioether (sulfide) groups is 8. The van der Waals surface area contributed by atoms with Crippen LogP contribution in [-0.4, -0.2) is 23.0 Å². The lowest BCUT2D eigenvalue weighted by Crippen LogP contribution is -1.82. The minimum absolute atomic E-state index is 1.21. The van der Waals surface area contributed by atoms with Crippen molar-refractivity contribution in [3.63, 3.8) is 0 Å². The van der Waals surface area contributed by atoms with E-state index in [9.17, 15) is 0 Å². The summed E-state index contributed by atoms with van der Waals surface area (Å²) < 4.78 is 12.1. The normalized spacial score (nSPS) is 16.3. The Kier molecular flexibility index (Phi) is 13.4. The largest absolute Gasteiger partial charge is 0.133 e. The number of fused-ring (bicyclic) bond motifs is 9. The Labute approximate surface area is 352 Å². The van der Waals surface area contributed by atoms with E-state index in [0.29, 0.717) is 0 Å². The van der Waals surface area contributed by atoms with E-state index in [2.05, 4.69) is 193 Å². The third-order valence-electron chi connectivity index (χ3n) is 9.32. The van der Waals surface area contributed by atoms with Gasteiger partial charge in [0.15, 0.2) is 0 Å². The number of benzene rings is 2. The summed E-state index contributed by atoms with van der Waals surface area (Å²) in [6.45, 7) is 9.23. The Hall–Kier alpha value is -0.140. The lowest BCUT2D eigenvalue weighted by molar-refractivity contribution is 0.897. The fraction of sp³-hybridized carbons (Fsp3) is 0.381. The molecule has 4 aliphatic rings. The molecule has 2 aromatic carbocycles. The fourth-order valence-electron chi connectivity index (χ4n) is 6.60. The minimum Gasteiger partial charge on any atom is -0.133 e. The Morgan fingerprint density at radius 3 is 1.04 bits per heavy atom. The highest BCUT2D eigenvalue weighted by atomic mass is 32.3. The van der Waals surface area contributed by atoms with Crippen LogP contribution in [0.1, 0.15) is 99.9 Å². The highest BCUT2D eigenvalue weighted by Gasteiger charge is 2.39. The van der Waals surface area contributed by atoms with E-state index >= 15 is 0 Å². The van der Waals surface area contributed by atoms with Gasteiger partial charge in [-0.1, -0.05) is 149 Å².